The highest BCUT2D eigenvalue weighted by atomic mass is 16.5. The first-order valence-corrected chi connectivity index (χ1v) is 11.6. The molecule has 0 aliphatic carbocycles. The minimum atomic E-state index is -0.758. The van der Waals surface area contributed by atoms with Gasteiger partial charge in [-0.15, -0.1) is 0 Å². The maximum Gasteiger partial charge on any atom is 0.303 e. The topological polar surface area (TPSA) is 105 Å². The van der Waals surface area contributed by atoms with Gasteiger partial charge in [-0.2, -0.15) is 0 Å². The zero-order chi connectivity index (χ0) is 21.8. The molecular formula is C23H38N2O5. The Morgan fingerprint density at radius 1 is 0.967 bits per heavy atom. The summed E-state index contributed by atoms with van der Waals surface area (Å²) < 4.78 is 6.06. The summed E-state index contributed by atoms with van der Waals surface area (Å²) in [6, 6.07) is 0. The fourth-order valence-corrected chi connectivity index (χ4v) is 4.50. The molecule has 2 aliphatic heterocycles. The Morgan fingerprint density at radius 3 is 2.43 bits per heavy atom. The van der Waals surface area contributed by atoms with E-state index in [0.29, 0.717) is 25.4 Å². The number of fused-ring (bicyclic) bond motifs is 2. The van der Waals surface area contributed by atoms with Crippen LogP contribution in [0.5, 0.6) is 0 Å². The summed E-state index contributed by atoms with van der Waals surface area (Å²) in [7, 11) is 0. The number of allylic oxidation sites excluding steroid dienone is 2. The van der Waals surface area contributed by atoms with Crippen molar-refractivity contribution in [1.29, 1.82) is 0 Å². The van der Waals surface area contributed by atoms with Crippen molar-refractivity contribution in [3.63, 3.8) is 0 Å². The van der Waals surface area contributed by atoms with Gasteiger partial charge in [-0.3, -0.25) is 14.4 Å². The van der Waals surface area contributed by atoms with E-state index in [2.05, 4.69) is 29.7 Å². The molecule has 0 aromatic rings. The summed E-state index contributed by atoms with van der Waals surface area (Å²) in [6.45, 7) is 3.32. The van der Waals surface area contributed by atoms with E-state index in [0.717, 1.165) is 44.9 Å². The first kappa shape index (κ1) is 24.4. The van der Waals surface area contributed by atoms with Gasteiger partial charge in [0.1, 0.15) is 6.42 Å². The van der Waals surface area contributed by atoms with E-state index in [1.165, 1.54) is 6.42 Å². The Morgan fingerprint density at radius 2 is 1.70 bits per heavy atom. The van der Waals surface area contributed by atoms with Gasteiger partial charge in [0.2, 0.25) is 11.8 Å². The largest absolute Gasteiger partial charge is 0.481 e. The van der Waals surface area contributed by atoms with E-state index in [1.54, 1.807) is 0 Å². The summed E-state index contributed by atoms with van der Waals surface area (Å²) in [5, 5.41) is 14.4. The summed E-state index contributed by atoms with van der Waals surface area (Å²) in [5.74, 6) is -0.563. The maximum atomic E-state index is 12.2. The van der Waals surface area contributed by atoms with E-state index in [9.17, 15) is 14.4 Å². The Kier molecular flexibility index (Phi) is 10.9. The molecule has 0 aromatic heterocycles. The number of ether oxygens (including phenoxy) is 1. The van der Waals surface area contributed by atoms with Gasteiger partial charge in [0.15, 0.2) is 0 Å². The Labute approximate surface area is 180 Å². The number of hydrogen-bond acceptors (Lipinski definition) is 4. The summed E-state index contributed by atoms with van der Waals surface area (Å²) >= 11 is 0. The number of carbonyl (C=O) groups excluding carboxylic acids is 2. The van der Waals surface area contributed by atoms with Crippen LogP contribution in [-0.4, -0.2) is 48.2 Å². The van der Waals surface area contributed by atoms with Crippen LogP contribution in [0.3, 0.4) is 0 Å². The van der Waals surface area contributed by atoms with Crippen molar-refractivity contribution in [2.45, 2.75) is 89.8 Å². The smallest absolute Gasteiger partial charge is 0.303 e. The van der Waals surface area contributed by atoms with Crippen LogP contribution in [0.4, 0.5) is 0 Å². The summed E-state index contributed by atoms with van der Waals surface area (Å²) in [6.07, 6.45) is 13.5. The average Bonchev–Trinajstić information content (AvgIpc) is 3.30. The fraction of sp³-hybridized carbons (Fsp3) is 0.783. The Bertz CT molecular complexity index is 592. The average molecular weight is 423 g/mol. The van der Waals surface area contributed by atoms with Gasteiger partial charge >= 0.3 is 5.97 Å². The highest BCUT2D eigenvalue weighted by molar-refractivity contribution is 5.96. The van der Waals surface area contributed by atoms with Gasteiger partial charge in [-0.25, -0.2) is 0 Å². The molecule has 2 amide bonds. The third-order valence-electron chi connectivity index (χ3n) is 6.14. The fourth-order valence-electron chi connectivity index (χ4n) is 4.50. The zero-order valence-corrected chi connectivity index (χ0v) is 18.2. The van der Waals surface area contributed by atoms with Crippen molar-refractivity contribution in [3.8, 4) is 0 Å². The molecule has 2 rings (SSSR count). The van der Waals surface area contributed by atoms with Gasteiger partial charge in [-0.1, -0.05) is 38.3 Å². The van der Waals surface area contributed by atoms with Crippen LogP contribution >= 0.6 is 0 Å². The molecule has 2 fully saturated rings. The van der Waals surface area contributed by atoms with E-state index >= 15 is 0 Å². The summed E-state index contributed by atoms with van der Waals surface area (Å²) in [4.78, 5) is 34.6. The Balaban J connectivity index is 1.67. The maximum absolute atomic E-state index is 12.2. The molecule has 3 N–H and O–H groups in total. The van der Waals surface area contributed by atoms with E-state index in [-0.39, 0.29) is 42.8 Å². The predicted octanol–water partition coefficient (Wildman–Crippen LogP) is 3.18. The van der Waals surface area contributed by atoms with Crippen molar-refractivity contribution in [3.05, 3.63) is 12.2 Å². The number of rotatable bonds is 15. The minimum Gasteiger partial charge on any atom is -0.481 e. The third-order valence-corrected chi connectivity index (χ3v) is 6.14. The van der Waals surface area contributed by atoms with Gasteiger partial charge < -0.3 is 20.5 Å². The SMILES string of the molecule is CCCCCCNC(=O)CC(=O)NC[C@H]1[C@@H](CC=CCCCC(=O)O)[C@H]2CC[C@H]1O2. The van der Waals surface area contributed by atoms with Gasteiger partial charge in [-0.05, 0) is 44.4 Å². The highest BCUT2D eigenvalue weighted by Gasteiger charge is 2.47. The van der Waals surface area contributed by atoms with E-state index in [1.807, 2.05) is 0 Å². The number of carboxylic acid groups (broad SMARTS) is 1. The van der Waals surface area contributed by atoms with Crippen molar-refractivity contribution in [1.82, 2.24) is 10.6 Å². The number of hydrogen-bond donors (Lipinski definition) is 3. The number of aliphatic carboxylic acids is 1. The lowest BCUT2D eigenvalue weighted by Gasteiger charge is -2.27. The predicted molar refractivity (Wildman–Crippen MR) is 115 cm³/mol. The lowest BCUT2D eigenvalue weighted by atomic mass is 9.77. The molecule has 0 radical (unpaired) electrons. The van der Waals surface area contributed by atoms with Crippen LogP contribution in [0.2, 0.25) is 0 Å². The van der Waals surface area contributed by atoms with Crippen LogP contribution in [-0.2, 0) is 19.1 Å². The second-order valence-corrected chi connectivity index (χ2v) is 8.50. The molecule has 4 atom stereocenters. The lowest BCUT2D eigenvalue weighted by Crippen LogP contribution is -2.39. The van der Waals surface area contributed by atoms with Crippen molar-refractivity contribution < 1.29 is 24.2 Å². The molecule has 2 aliphatic rings. The van der Waals surface area contributed by atoms with Crippen molar-refractivity contribution in [2.24, 2.45) is 11.8 Å². The first-order valence-electron chi connectivity index (χ1n) is 11.6. The lowest BCUT2D eigenvalue weighted by molar-refractivity contribution is -0.137. The molecule has 170 valence electrons. The highest BCUT2D eigenvalue weighted by Crippen LogP contribution is 2.44. The molecule has 0 unspecified atom stereocenters. The minimum absolute atomic E-state index is 0.121. The molecule has 7 nitrogen and oxygen atoms in total. The van der Waals surface area contributed by atoms with Gasteiger partial charge in [0.05, 0.1) is 12.2 Å². The molecule has 30 heavy (non-hydrogen) atoms. The molecular weight excluding hydrogens is 384 g/mol. The molecule has 2 saturated heterocycles. The van der Waals surface area contributed by atoms with Crippen LogP contribution in [0.15, 0.2) is 12.2 Å². The van der Waals surface area contributed by atoms with Gasteiger partial charge in [0.25, 0.3) is 0 Å². The molecule has 2 bridgehead atoms. The van der Waals surface area contributed by atoms with Crippen LogP contribution in [0.25, 0.3) is 0 Å². The number of nitrogens with one attached hydrogen (secondary N) is 2. The first-order chi connectivity index (χ1) is 14.5. The van der Waals surface area contributed by atoms with Crippen molar-refractivity contribution >= 4 is 17.8 Å². The number of amides is 2. The van der Waals surface area contributed by atoms with Crippen LogP contribution in [0, 0.1) is 11.8 Å². The van der Waals surface area contributed by atoms with E-state index < -0.39 is 5.97 Å². The molecule has 0 spiro atoms. The monoisotopic (exact) mass is 422 g/mol. The van der Waals surface area contributed by atoms with Crippen molar-refractivity contribution in [2.75, 3.05) is 13.1 Å². The zero-order valence-electron chi connectivity index (χ0n) is 18.2. The second kappa shape index (κ2) is 13.4. The quantitative estimate of drug-likeness (QED) is 0.214. The molecule has 0 saturated carbocycles. The number of carboxylic acids is 1. The second-order valence-electron chi connectivity index (χ2n) is 8.50. The van der Waals surface area contributed by atoms with E-state index in [4.69, 9.17) is 9.84 Å². The molecule has 7 heteroatoms. The number of carbonyl (C=O) groups is 3. The normalized spacial score (nSPS) is 25.0. The number of unbranched alkanes of at least 4 members (excludes halogenated alkanes) is 4. The van der Waals surface area contributed by atoms with Crippen LogP contribution in [0.1, 0.15) is 77.6 Å². The Hall–Kier alpha value is -1.89. The molecule has 0 aromatic carbocycles. The molecule has 2 heterocycles. The summed E-state index contributed by atoms with van der Waals surface area (Å²) in [5.41, 5.74) is 0. The van der Waals surface area contributed by atoms with Crippen LogP contribution < -0.4 is 10.6 Å². The van der Waals surface area contributed by atoms with Gasteiger partial charge in [0, 0.05) is 25.4 Å². The standard InChI is InChI=1S/C23H38N2O5/c1-2-3-4-9-14-24-21(26)15-22(27)25-16-18-17(19-12-13-20(18)30-19)10-7-5-6-8-11-23(28)29/h5,7,17-20H,2-4,6,8-16H2,1H3,(H,24,26)(H,25,27)(H,28,29)/t17-,18+,19-,20-/m1/s1. The third kappa shape index (κ3) is 8.46.